The Morgan fingerprint density at radius 2 is 2.13 bits per heavy atom. The second kappa shape index (κ2) is 4.79. The van der Waals surface area contributed by atoms with E-state index in [1.54, 1.807) is 17.5 Å². The third-order valence-electron chi connectivity index (χ3n) is 3.68. The Hall–Kier alpha value is -2.93. The number of carbonyl (C=O) groups is 1. The minimum atomic E-state index is -1.09. The number of hydrogen-bond donors (Lipinski definition) is 1. The van der Waals surface area contributed by atoms with E-state index in [-0.39, 0.29) is 11.1 Å². The van der Waals surface area contributed by atoms with E-state index in [0.717, 1.165) is 5.56 Å². The fourth-order valence-corrected chi connectivity index (χ4v) is 3.48. The van der Waals surface area contributed by atoms with Crippen molar-refractivity contribution in [3.05, 3.63) is 57.3 Å². The molecule has 0 aliphatic heterocycles. The van der Waals surface area contributed by atoms with Crippen LogP contribution in [-0.4, -0.2) is 20.8 Å². The monoisotopic (exact) mass is 326 g/mol. The number of rotatable bonds is 2. The second-order valence-electron chi connectivity index (χ2n) is 5.19. The highest BCUT2D eigenvalue weighted by atomic mass is 32.1. The average molecular weight is 326 g/mol. The number of carboxylic acids is 1. The zero-order valence-corrected chi connectivity index (χ0v) is 12.8. The van der Waals surface area contributed by atoms with Crippen LogP contribution in [0.1, 0.15) is 15.9 Å². The molecule has 0 atom stereocenters. The number of benzene rings is 1. The fourth-order valence-electron chi connectivity index (χ4n) is 2.59. The molecule has 0 aliphatic rings. The number of aryl methyl sites for hydroxylation is 1. The van der Waals surface area contributed by atoms with Crippen LogP contribution in [0.15, 0.2) is 45.2 Å². The molecule has 0 amide bonds. The van der Waals surface area contributed by atoms with E-state index < -0.39 is 5.97 Å². The summed E-state index contributed by atoms with van der Waals surface area (Å²) in [4.78, 5) is 24.2. The molecule has 3 aromatic heterocycles. The lowest BCUT2D eigenvalue weighted by molar-refractivity contribution is 0.0698. The lowest BCUT2D eigenvalue weighted by atomic mass is 10.1. The van der Waals surface area contributed by atoms with Crippen molar-refractivity contribution in [1.82, 2.24) is 9.72 Å². The highest BCUT2D eigenvalue weighted by Gasteiger charge is 2.19. The fraction of sp³-hybridized carbons (Fsp3) is 0.0625. The van der Waals surface area contributed by atoms with Crippen molar-refractivity contribution >= 4 is 38.4 Å². The molecule has 0 bridgehead atoms. The van der Waals surface area contributed by atoms with Crippen LogP contribution >= 0.6 is 11.3 Å². The minimum absolute atomic E-state index is 0.0680. The van der Waals surface area contributed by atoms with Gasteiger partial charge in [0.2, 0.25) is 0 Å². The molecule has 0 saturated carbocycles. The van der Waals surface area contributed by atoms with Gasteiger partial charge in [-0.2, -0.15) is 0 Å². The summed E-state index contributed by atoms with van der Waals surface area (Å²) in [5, 5.41) is 16.1. The van der Waals surface area contributed by atoms with Gasteiger partial charge in [0.1, 0.15) is 0 Å². The van der Waals surface area contributed by atoms with Gasteiger partial charge in [0, 0.05) is 6.20 Å². The number of aromatic nitrogens is 2. The van der Waals surface area contributed by atoms with E-state index in [0.29, 0.717) is 26.9 Å². The Bertz CT molecular complexity index is 1140. The van der Waals surface area contributed by atoms with Gasteiger partial charge in [-0.1, -0.05) is 16.8 Å². The molecule has 0 radical (unpaired) electrons. The van der Waals surface area contributed by atoms with Crippen molar-refractivity contribution < 1.29 is 14.4 Å². The van der Waals surface area contributed by atoms with E-state index in [2.05, 4.69) is 5.16 Å². The Kier molecular flexibility index (Phi) is 2.85. The van der Waals surface area contributed by atoms with Crippen molar-refractivity contribution in [3.63, 3.8) is 0 Å². The molecule has 0 saturated heterocycles. The topological polar surface area (TPSA) is 85.3 Å². The maximum atomic E-state index is 12.7. The molecule has 1 N–H and O–H groups in total. The van der Waals surface area contributed by atoms with Gasteiger partial charge in [0.05, 0.1) is 21.0 Å². The third-order valence-corrected chi connectivity index (χ3v) is 4.63. The number of carboxylic acid groups (broad SMARTS) is 1. The van der Waals surface area contributed by atoms with E-state index >= 15 is 0 Å². The first kappa shape index (κ1) is 13.7. The predicted octanol–water partition coefficient (Wildman–Crippen LogP) is 3.20. The van der Waals surface area contributed by atoms with Gasteiger partial charge in [-0.25, -0.2) is 4.79 Å². The Morgan fingerprint density at radius 1 is 1.30 bits per heavy atom. The molecular formula is C16H10N2O4S. The summed E-state index contributed by atoms with van der Waals surface area (Å²) in [7, 11) is 0. The predicted molar refractivity (Wildman–Crippen MR) is 86.7 cm³/mol. The molecular weight excluding hydrogens is 316 g/mol. The van der Waals surface area contributed by atoms with E-state index in [4.69, 9.17) is 4.52 Å². The van der Waals surface area contributed by atoms with E-state index in [1.807, 2.05) is 19.1 Å². The molecule has 4 rings (SSSR count). The Morgan fingerprint density at radius 3 is 2.91 bits per heavy atom. The third kappa shape index (κ3) is 1.97. The van der Waals surface area contributed by atoms with Crippen LogP contribution in [0.5, 0.6) is 0 Å². The summed E-state index contributed by atoms with van der Waals surface area (Å²) >= 11 is 1.23. The van der Waals surface area contributed by atoms with E-state index in [9.17, 15) is 14.7 Å². The highest BCUT2D eigenvalue weighted by Crippen LogP contribution is 2.26. The zero-order chi connectivity index (χ0) is 16.1. The van der Waals surface area contributed by atoms with Crippen molar-refractivity contribution in [2.75, 3.05) is 0 Å². The highest BCUT2D eigenvalue weighted by molar-refractivity contribution is 7.17. The first-order chi connectivity index (χ1) is 11.1. The summed E-state index contributed by atoms with van der Waals surface area (Å²) in [5.74, 6) is -0.792. The maximum absolute atomic E-state index is 12.7. The van der Waals surface area contributed by atoms with Gasteiger partial charge in [-0.3, -0.25) is 9.36 Å². The molecule has 0 unspecified atom stereocenters. The van der Waals surface area contributed by atoms with Gasteiger partial charge in [-0.05, 0) is 30.5 Å². The molecule has 3 heterocycles. The molecule has 4 aromatic rings. The Labute approximate surface area is 133 Å². The summed E-state index contributed by atoms with van der Waals surface area (Å²) in [5.41, 5.74) is 1.28. The van der Waals surface area contributed by atoms with Gasteiger partial charge >= 0.3 is 5.97 Å². The number of aromatic carboxylic acids is 1. The summed E-state index contributed by atoms with van der Waals surface area (Å²) < 4.78 is 6.95. The number of thiophene rings is 1. The van der Waals surface area contributed by atoms with Crippen LogP contribution in [0.25, 0.3) is 26.9 Å². The molecule has 0 fully saturated rings. The molecule has 114 valence electrons. The largest absolute Gasteiger partial charge is 0.478 e. The van der Waals surface area contributed by atoms with Gasteiger partial charge < -0.3 is 9.63 Å². The lowest BCUT2D eigenvalue weighted by Crippen LogP contribution is -2.20. The molecule has 7 heteroatoms. The van der Waals surface area contributed by atoms with Gasteiger partial charge in [-0.15, -0.1) is 11.3 Å². The number of hydrogen-bond acceptors (Lipinski definition) is 5. The summed E-state index contributed by atoms with van der Waals surface area (Å²) in [6.45, 7) is 1.92. The van der Waals surface area contributed by atoms with E-state index in [1.165, 1.54) is 22.1 Å². The van der Waals surface area contributed by atoms with Crippen LogP contribution in [0.4, 0.5) is 0 Å². The Balaban J connectivity index is 2.12. The van der Waals surface area contributed by atoms with Gasteiger partial charge in [0.25, 0.3) is 5.56 Å². The molecule has 1 aromatic carbocycles. The van der Waals surface area contributed by atoms with Crippen molar-refractivity contribution in [1.29, 1.82) is 0 Å². The number of nitrogens with zero attached hydrogens (tertiary/aromatic N) is 2. The summed E-state index contributed by atoms with van der Waals surface area (Å²) in [6, 6.07) is 7.13. The molecule has 0 spiro atoms. The van der Waals surface area contributed by atoms with Crippen molar-refractivity contribution in [2.24, 2.45) is 0 Å². The van der Waals surface area contributed by atoms with Crippen LogP contribution in [0, 0.1) is 6.92 Å². The van der Waals surface area contributed by atoms with Crippen LogP contribution in [-0.2, 0) is 0 Å². The lowest BCUT2D eigenvalue weighted by Gasteiger charge is -2.05. The number of fused-ring (bicyclic) bond motifs is 2. The quantitative estimate of drug-likeness (QED) is 0.611. The normalized spacial score (nSPS) is 11.3. The number of pyridine rings is 1. The van der Waals surface area contributed by atoms with Crippen LogP contribution in [0.3, 0.4) is 0 Å². The molecule has 6 nitrogen and oxygen atoms in total. The smallest absolute Gasteiger partial charge is 0.338 e. The first-order valence-corrected chi connectivity index (χ1v) is 7.67. The van der Waals surface area contributed by atoms with Crippen LogP contribution in [0.2, 0.25) is 0 Å². The summed E-state index contributed by atoms with van der Waals surface area (Å²) in [6.07, 6.45) is 1.31. The van der Waals surface area contributed by atoms with Crippen LogP contribution < -0.4 is 5.56 Å². The first-order valence-electron chi connectivity index (χ1n) is 6.79. The SMILES string of the molecule is Cc1ccc2onc(-n3cc(C(=O)O)c4sccc4c3=O)c2c1. The second-order valence-corrected chi connectivity index (χ2v) is 6.11. The van der Waals surface area contributed by atoms with Crippen molar-refractivity contribution in [2.45, 2.75) is 6.92 Å². The van der Waals surface area contributed by atoms with Gasteiger partial charge in [0.15, 0.2) is 11.4 Å². The molecule has 0 aliphatic carbocycles. The van der Waals surface area contributed by atoms with Crippen molar-refractivity contribution in [3.8, 4) is 5.82 Å². The molecule has 23 heavy (non-hydrogen) atoms. The zero-order valence-electron chi connectivity index (χ0n) is 11.9. The average Bonchev–Trinajstić information content (AvgIpc) is 3.14. The standard InChI is InChI=1S/C16H10N2O4S/c1-8-2-3-12-10(6-8)14(17-22-12)18-7-11(16(20)21)13-9(15(18)19)4-5-23-13/h2-7H,1H3,(H,20,21). The maximum Gasteiger partial charge on any atom is 0.338 e. The minimum Gasteiger partial charge on any atom is -0.478 e.